The van der Waals surface area contributed by atoms with Gasteiger partial charge in [0.2, 0.25) is 0 Å². The summed E-state index contributed by atoms with van der Waals surface area (Å²) in [5.41, 5.74) is 9.75. The van der Waals surface area contributed by atoms with E-state index in [1.165, 1.54) is 0 Å². The highest BCUT2D eigenvalue weighted by Gasteiger charge is 2.18. The maximum absolute atomic E-state index is 12.6. The van der Waals surface area contributed by atoms with Crippen LogP contribution in [0.2, 0.25) is 0 Å². The van der Waals surface area contributed by atoms with E-state index in [0.717, 1.165) is 16.7 Å². The number of hydrogen-bond donors (Lipinski definition) is 2. The fourth-order valence-electron chi connectivity index (χ4n) is 2.30. The minimum Gasteiger partial charge on any atom is -0.326 e. The highest BCUT2D eigenvalue weighted by atomic mass is 32.2. The Kier molecular flexibility index (Phi) is 4.34. The molecule has 2 aromatic rings. The third-order valence-electron chi connectivity index (χ3n) is 3.53. The van der Waals surface area contributed by atoms with Crippen LogP contribution in [-0.4, -0.2) is 8.42 Å². The molecule has 0 amide bonds. The molecule has 0 atom stereocenters. The number of sulfonamides is 1. The summed E-state index contributed by atoms with van der Waals surface area (Å²) in [5, 5.41) is 0. The van der Waals surface area contributed by atoms with Crippen molar-refractivity contribution in [2.24, 2.45) is 5.73 Å². The van der Waals surface area contributed by atoms with E-state index in [4.69, 9.17) is 5.73 Å². The third kappa shape index (κ3) is 3.25. The standard InChI is InChI=1S/C16H20N2O2S/c1-11-7-8-15(12(2)9-11)18-21(19,20)16-6-4-5-14(10-17)13(16)3/h4-9,18H,10,17H2,1-3H3. The lowest BCUT2D eigenvalue weighted by Crippen LogP contribution is -2.16. The summed E-state index contributed by atoms with van der Waals surface area (Å²) in [4.78, 5) is 0.269. The normalized spacial score (nSPS) is 11.4. The van der Waals surface area contributed by atoms with Crippen LogP contribution in [0, 0.1) is 20.8 Å². The molecule has 0 radical (unpaired) electrons. The molecule has 2 rings (SSSR count). The van der Waals surface area contributed by atoms with Gasteiger partial charge in [0.05, 0.1) is 10.6 Å². The lowest BCUT2D eigenvalue weighted by molar-refractivity contribution is 0.600. The molecule has 0 aliphatic rings. The molecule has 0 aromatic heterocycles. The maximum Gasteiger partial charge on any atom is 0.262 e. The first-order chi connectivity index (χ1) is 9.85. The number of hydrogen-bond acceptors (Lipinski definition) is 3. The van der Waals surface area contributed by atoms with E-state index >= 15 is 0 Å². The molecule has 4 nitrogen and oxygen atoms in total. The van der Waals surface area contributed by atoms with Gasteiger partial charge in [0.1, 0.15) is 0 Å². The number of benzene rings is 2. The summed E-state index contributed by atoms with van der Waals surface area (Å²) in [6, 6.07) is 10.8. The summed E-state index contributed by atoms with van der Waals surface area (Å²) in [6.07, 6.45) is 0. The molecular weight excluding hydrogens is 284 g/mol. The van der Waals surface area contributed by atoms with E-state index in [-0.39, 0.29) is 4.90 Å². The molecule has 3 N–H and O–H groups in total. The molecule has 0 aliphatic carbocycles. The Balaban J connectivity index is 2.43. The number of nitrogens with two attached hydrogens (primary N) is 1. The van der Waals surface area contributed by atoms with Crippen LogP contribution in [0.1, 0.15) is 22.3 Å². The van der Waals surface area contributed by atoms with Crippen LogP contribution < -0.4 is 10.5 Å². The van der Waals surface area contributed by atoms with Crippen molar-refractivity contribution in [1.29, 1.82) is 0 Å². The Bertz CT molecular complexity index is 768. The van der Waals surface area contributed by atoms with Crippen LogP contribution in [0.25, 0.3) is 0 Å². The fraction of sp³-hybridized carbons (Fsp3) is 0.250. The topological polar surface area (TPSA) is 72.2 Å². The van der Waals surface area contributed by atoms with Gasteiger partial charge in [-0.2, -0.15) is 0 Å². The number of nitrogens with one attached hydrogen (secondary N) is 1. The van der Waals surface area contributed by atoms with Gasteiger partial charge in [-0.05, 0) is 49.6 Å². The second-order valence-electron chi connectivity index (χ2n) is 5.17. The molecule has 112 valence electrons. The summed E-state index contributed by atoms with van der Waals surface area (Å²) in [5.74, 6) is 0. The van der Waals surface area contributed by atoms with Gasteiger partial charge in [-0.3, -0.25) is 4.72 Å². The zero-order chi connectivity index (χ0) is 15.6. The highest BCUT2D eigenvalue weighted by molar-refractivity contribution is 7.92. The van der Waals surface area contributed by atoms with E-state index in [0.29, 0.717) is 17.8 Å². The van der Waals surface area contributed by atoms with Gasteiger partial charge in [-0.25, -0.2) is 8.42 Å². The SMILES string of the molecule is Cc1ccc(NS(=O)(=O)c2cccc(CN)c2C)c(C)c1. The second-order valence-corrected chi connectivity index (χ2v) is 6.82. The minimum absolute atomic E-state index is 0.269. The largest absolute Gasteiger partial charge is 0.326 e. The number of anilines is 1. The molecule has 0 saturated carbocycles. The first kappa shape index (κ1) is 15.5. The Morgan fingerprint density at radius 2 is 1.81 bits per heavy atom. The van der Waals surface area contributed by atoms with Crippen LogP contribution in [0.15, 0.2) is 41.3 Å². The van der Waals surface area contributed by atoms with Crippen LogP contribution in [0.5, 0.6) is 0 Å². The molecule has 0 saturated heterocycles. The molecule has 0 fully saturated rings. The Labute approximate surface area is 126 Å². The Morgan fingerprint density at radius 3 is 2.43 bits per heavy atom. The molecule has 0 unspecified atom stereocenters. The zero-order valence-electron chi connectivity index (χ0n) is 12.5. The molecular formula is C16H20N2O2S. The Hall–Kier alpha value is -1.85. The summed E-state index contributed by atoms with van der Waals surface area (Å²) >= 11 is 0. The minimum atomic E-state index is -3.62. The van der Waals surface area contributed by atoms with Crippen molar-refractivity contribution < 1.29 is 8.42 Å². The first-order valence-electron chi connectivity index (χ1n) is 6.74. The zero-order valence-corrected chi connectivity index (χ0v) is 13.3. The third-order valence-corrected chi connectivity index (χ3v) is 5.04. The molecule has 21 heavy (non-hydrogen) atoms. The lowest BCUT2D eigenvalue weighted by atomic mass is 10.1. The monoisotopic (exact) mass is 304 g/mol. The van der Waals surface area contributed by atoms with Gasteiger partial charge >= 0.3 is 0 Å². The van der Waals surface area contributed by atoms with Crippen molar-refractivity contribution in [1.82, 2.24) is 0 Å². The molecule has 0 spiro atoms. The molecule has 2 aromatic carbocycles. The second kappa shape index (κ2) is 5.87. The quantitative estimate of drug-likeness (QED) is 0.912. The van der Waals surface area contributed by atoms with Crippen LogP contribution in [0.4, 0.5) is 5.69 Å². The number of rotatable bonds is 4. The van der Waals surface area contributed by atoms with Gasteiger partial charge in [-0.15, -0.1) is 0 Å². The van der Waals surface area contributed by atoms with Gasteiger partial charge in [0.15, 0.2) is 0 Å². The van der Waals surface area contributed by atoms with Crippen molar-refractivity contribution >= 4 is 15.7 Å². The molecule has 0 bridgehead atoms. The summed E-state index contributed by atoms with van der Waals surface area (Å²) in [6.45, 7) is 5.95. The van der Waals surface area contributed by atoms with E-state index in [9.17, 15) is 8.42 Å². The van der Waals surface area contributed by atoms with E-state index in [1.807, 2.05) is 32.0 Å². The van der Waals surface area contributed by atoms with Gasteiger partial charge < -0.3 is 5.73 Å². The van der Waals surface area contributed by atoms with Crippen LogP contribution in [-0.2, 0) is 16.6 Å². The van der Waals surface area contributed by atoms with Crippen molar-refractivity contribution in [3.8, 4) is 0 Å². The van der Waals surface area contributed by atoms with Crippen LogP contribution in [0.3, 0.4) is 0 Å². The molecule has 0 heterocycles. The van der Waals surface area contributed by atoms with Gasteiger partial charge in [-0.1, -0.05) is 29.8 Å². The lowest BCUT2D eigenvalue weighted by Gasteiger charge is -2.14. The van der Waals surface area contributed by atoms with Gasteiger partial charge in [0, 0.05) is 6.54 Å². The predicted molar refractivity (Wildman–Crippen MR) is 85.8 cm³/mol. The van der Waals surface area contributed by atoms with Gasteiger partial charge in [0.25, 0.3) is 10.0 Å². The first-order valence-corrected chi connectivity index (χ1v) is 8.22. The smallest absolute Gasteiger partial charge is 0.262 e. The maximum atomic E-state index is 12.6. The average molecular weight is 304 g/mol. The number of aryl methyl sites for hydroxylation is 2. The van der Waals surface area contributed by atoms with Crippen molar-refractivity contribution in [3.05, 3.63) is 58.7 Å². The van der Waals surface area contributed by atoms with Crippen molar-refractivity contribution in [2.45, 2.75) is 32.2 Å². The highest BCUT2D eigenvalue weighted by Crippen LogP contribution is 2.24. The fourth-order valence-corrected chi connectivity index (χ4v) is 3.72. The van der Waals surface area contributed by atoms with Crippen molar-refractivity contribution in [3.63, 3.8) is 0 Å². The van der Waals surface area contributed by atoms with E-state index < -0.39 is 10.0 Å². The summed E-state index contributed by atoms with van der Waals surface area (Å²) < 4.78 is 27.8. The molecule has 0 aliphatic heterocycles. The van der Waals surface area contributed by atoms with Crippen LogP contribution >= 0.6 is 0 Å². The van der Waals surface area contributed by atoms with E-state index in [2.05, 4.69) is 4.72 Å². The van der Waals surface area contributed by atoms with E-state index in [1.54, 1.807) is 25.1 Å². The van der Waals surface area contributed by atoms with Crippen molar-refractivity contribution in [2.75, 3.05) is 4.72 Å². The predicted octanol–water partition coefficient (Wildman–Crippen LogP) is 2.87. The summed E-state index contributed by atoms with van der Waals surface area (Å²) in [7, 11) is -3.62. The molecule has 5 heteroatoms. The average Bonchev–Trinajstić information content (AvgIpc) is 2.42. The Morgan fingerprint density at radius 1 is 1.10 bits per heavy atom.